The normalized spacial score (nSPS) is 14.2. The number of carbonyl (C=O) groups excluding carboxylic acids is 1. The highest BCUT2D eigenvalue weighted by Gasteiger charge is 2.27. The third-order valence-electron chi connectivity index (χ3n) is 4.97. The summed E-state index contributed by atoms with van der Waals surface area (Å²) < 4.78 is 10.2. The fourth-order valence-corrected chi connectivity index (χ4v) is 4.62. The van der Waals surface area contributed by atoms with E-state index in [1.165, 1.54) is 24.0 Å². The van der Waals surface area contributed by atoms with Crippen molar-refractivity contribution in [2.45, 2.75) is 13.0 Å². The number of nitrogens with two attached hydrogens (primary N) is 1. The standard InChI is InChI=1S/C20H21N3O3S/c1-23-9-8-14-13(10-23)15(11-4-6-12(25-2)7-5-11)16-17(21)18(20(24)26-3)27-19(16)22-14/h4-7H,8-10,21H2,1-3H3. The molecule has 0 unspecified atom stereocenters. The first-order valence-corrected chi connectivity index (χ1v) is 9.50. The molecule has 0 saturated carbocycles. The van der Waals surface area contributed by atoms with Crippen LogP contribution in [0.15, 0.2) is 24.3 Å². The van der Waals surface area contributed by atoms with Crippen molar-refractivity contribution in [1.82, 2.24) is 9.88 Å². The van der Waals surface area contributed by atoms with Crippen molar-refractivity contribution in [3.8, 4) is 16.9 Å². The molecule has 2 N–H and O–H groups in total. The fraction of sp³-hybridized carbons (Fsp3) is 0.300. The largest absolute Gasteiger partial charge is 0.497 e. The molecule has 0 radical (unpaired) electrons. The first kappa shape index (κ1) is 17.8. The number of rotatable bonds is 3. The number of nitrogen functional groups attached to an aromatic ring is 1. The van der Waals surface area contributed by atoms with Gasteiger partial charge in [-0.3, -0.25) is 0 Å². The van der Waals surface area contributed by atoms with Crippen LogP contribution < -0.4 is 10.5 Å². The van der Waals surface area contributed by atoms with E-state index in [4.69, 9.17) is 20.2 Å². The van der Waals surface area contributed by atoms with E-state index in [1.807, 2.05) is 24.3 Å². The predicted octanol–water partition coefficient (Wildman–Crippen LogP) is 3.33. The van der Waals surface area contributed by atoms with Crippen LogP contribution in [0.3, 0.4) is 0 Å². The third kappa shape index (κ3) is 2.93. The lowest BCUT2D eigenvalue weighted by Gasteiger charge is -2.27. The van der Waals surface area contributed by atoms with Gasteiger partial charge in [0.25, 0.3) is 0 Å². The number of hydrogen-bond donors (Lipinski definition) is 1. The van der Waals surface area contributed by atoms with E-state index < -0.39 is 5.97 Å². The van der Waals surface area contributed by atoms with E-state index in [0.29, 0.717) is 10.6 Å². The SMILES string of the molecule is COC(=O)c1sc2nc3c(c(-c4ccc(OC)cc4)c2c1N)CN(C)CC3. The van der Waals surface area contributed by atoms with Crippen LogP contribution in [0, 0.1) is 0 Å². The van der Waals surface area contributed by atoms with Gasteiger partial charge in [0, 0.05) is 36.2 Å². The lowest BCUT2D eigenvalue weighted by molar-refractivity contribution is 0.0607. The molecule has 0 aliphatic carbocycles. The summed E-state index contributed by atoms with van der Waals surface area (Å²) in [7, 11) is 5.11. The van der Waals surface area contributed by atoms with Gasteiger partial charge in [-0.25, -0.2) is 9.78 Å². The predicted molar refractivity (Wildman–Crippen MR) is 107 cm³/mol. The number of carbonyl (C=O) groups is 1. The van der Waals surface area contributed by atoms with Crippen molar-refractivity contribution in [3.05, 3.63) is 40.4 Å². The van der Waals surface area contributed by atoms with Crippen LogP contribution in [0.2, 0.25) is 0 Å². The van der Waals surface area contributed by atoms with Crippen molar-refractivity contribution in [1.29, 1.82) is 0 Å². The third-order valence-corrected chi connectivity index (χ3v) is 6.05. The number of benzene rings is 1. The summed E-state index contributed by atoms with van der Waals surface area (Å²) in [5, 5.41) is 0.833. The first-order valence-electron chi connectivity index (χ1n) is 8.68. The van der Waals surface area contributed by atoms with Crippen LogP contribution in [-0.2, 0) is 17.7 Å². The van der Waals surface area contributed by atoms with Gasteiger partial charge in [0.2, 0.25) is 0 Å². The maximum atomic E-state index is 12.2. The maximum absolute atomic E-state index is 12.2. The van der Waals surface area contributed by atoms with Crippen LogP contribution in [-0.4, -0.2) is 43.7 Å². The lowest BCUT2D eigenvalue weighted by Crippen LogP contribution is -2.27. The van der Waals surface area contributed by atoms with Gasteiger partial charge >= 0.3 is 5.97 Å². The van der Waals surface area contributed by atoms with Gasteiger partial charge in [-0.05, 0) is 30.3 Å². The minimum Gasteiger partial charge on any atom is -0.497 e. The Bertz CT molecular complexity index is 1030. The van der Waals surface area contributed by atoms with E-state index in [9.17, 15) is 4.79 Å². The Morgan fingerprint density at radius 2 is 2.00 bits per heavy atom. The number of hydrogen-bond acceptors (Lipinski definition) is 7. The second-order valence-electron chi connectivity index (χ2n) is 6.64. The van der Waals surface area contributed by atoms with Crippen LogP contribution in [0.5, 0.6) is 5.75 Å². The number of aromatic nitrogens is 1. The molecule has 0 atom stereocenters. The number of thiophene rings is 1. The molecule has 0 bridgehead atoms. The zero-order valence-corrected chi connectivity index (χ0v) is 16.4. The van der Waals surface area contributed by atoms with Crippen molar-refractivity contribution >= 4 is 33.2 Å². The zero-order valence-electron chi connectivity index (χ0n) is 15.5. The number of methoxy groups -OCH3 is 2. The minimum absolute atomic E-state index is 0.408. The topological polar surface area (TPSA) is 77.7 Å². The smallest absolute Gasteiger partial charge is 0.350 e. The summed E-state index contributed by atoms with van der Waals surface area (Å²) in [4.78, 5) is 20.5. The van der Waals surface area contributed by atoms with Crippen molar-refractivity contribution in [3.63, 3.8) is 0 Å². The van der Waals surface area contributed by atoms with Gasteiger partial charge in [0.15, 0.2) is 0 Å². The molecule has 27 heavy (non-hydrogen) atoms. The van der Waals surface area contributed by atoms with Crippen molar-refractivity contribution in [2.24, 2.45) is 0 Å². The summed E-state index contributed by atoms with van der Waals surface area (Å²) in [6.45, 7) is 1.75. The molecule has 6 nitrogen and oxygen atoms in total. The molecule has 2 aromatic heterocycles. The Labute approximate surface area is 161 Å². The lowest BCUT2D eigenvalue weighted by atomic mass is 9.92. The number of ether oxygens (including phenoxy) is 2. The summed E-state index contributed by atoms with van der Waals surface area (Å²) in [5.41, 5.74) is 11.2. The molecule has 1 aliphatic rings. The average Bonchev–Trinajstić information content (AvgIpc) is 3.02. The molecule has 4 rings (SSSR count). The molecule has 3 aromatic rings. The second-order valence-corrected chi connectivity index (χ2v) is 7.64. The molecule has 0 saturated heterocycles. The molecular weight excluding hydrogens is 362 g/mol. The summed E-state index contributed by atoms with van der Waals surface area (Å²) in [5.74, 6) is 0.370. The Hall–Kier alpha value is -2.64. The van der Waals surface area contributed by atoms with E-state index in [0.717, 1.165) is 52.3 Å². The highest BCUT2D eigenvalue weighted by atomic mass is 32.1. The van der Waals surface area contributed by atoms with E-state index in [2.05, 4.69) is 11.9 Å². The van der Waals surface area contributed by atoms with Gasteiger partial charge in [-0.2, -0.15) is 0 Å². The van der Waals surface area contributed by atoms with E-state index >= 15 is 0 Å². The highest BCUT2D eigenvalue weighted by molar-refractivity contribution is 7.21. The van der Waals surface area contributed by atoms with Gasteiger partial charge in [-0.1, -0.05) is 12.1 Å². The van der Waals surface area contributed by atoms with Crippen molar-refractivity contribution in [2.75, 3.05) is 33.5 Å². The number of pyridine rings is 1. The summed E-state index contributed by atoms with van der Waals surface area (Å²) >= 11 is 1.30. The van der Waals surface area contributed by atoms with Crippen LogP contribution in [0.4, 0.5) is 5.69 Å². The van der Waals surface area contributed by atoms with Gasteiger partial charge < -0.3 is 20.1 Å². The second kappa shape index (κ2) is 6.83. The van der Waals surface area contributed by atoms with E-state index in [-0.39, 0.29) is 0 Å². The molecule has 0 amide bonds. The Balaban J connectivity index is 2.04. The van der Waals surface area contributed by atoms with Gasteiger partial charge in [-0.15, -0.1) is 11.3 Å². The fourth-order valence-electron chi connectivity index (χ4n) is 3.58. The highest BCUT2D eigenvalue weighted by Crippen LogP contribution is 2.43. The molecule has 140 valence electrons. The number of likely N-dealkylation sites (N-methyl/N-ethyl adjacent to an activating group) is 1. The van der Waals surface area contributed by atoms with Crippen molar-refractivity contribution < 1.29 is 14.3 Å². The number of fused-ring (bicyclic) bond motifs is 2. The van der Waals surface area contributed by atoms with Crippen LogP contribution >= 0.6 is 11.3 Å². The Kier molecular flexibility index (Phi) is 4.49. The van der Waals surface area contributed by atoms with Crippen LogP contribution in [0.1, 0.15) is 20.9 Å². The summed E-state index contributed by atoms with van der Waals surface area (Å²) in [6, 6.07) is 7.92. The molecule has 7 heteroatoms. The molecule has 1 aromatic carbocycles. The first-order chi connectivity index (χ1) is 13.0. The molecular formula is C20H21N3O3S. The summed E-state index contributed by atoms with van der Waals surface area (Å²) in [6.07, 6.45) is 0.871. The monoisotopic (exact) mass is 383 g/mol. The van der Waals surface area contributed by atoms with E-state index in [1.54, 1.807) is 7.11 Å². The quantitative estimate of drug-likeness (QED) is 0.699. The number of nitrogens with zero attached hydrogens (tertiary/aromatic N) is 2. The molecule has 0 fully saturated rings. The molecule has 3 heterocycles. The maximum Gasteiger partial charge on any atom is 0.350 e. The number of esters is 1. The Morgan fingerprint density at radius 1 is 1.26 bits per heavy atom. The van der Waals surface area contributed by atoms with Gasteiger partial charge in [0.05, 0.1) is 19.9 Å². The number of anilines is 1. The minimum atomic E-state index is -0.425. The average molecular weight is 383 g/mol. The Morgan fingerprint density at radius 3 is 2.67 bits per heavy atom. The molecule has 0 spiro atoms. The molecule has 1 aliphatic heterocycles. The zero-order chi connectivity index (χ0) is 19.1. The van der Waals surface area contributed by atoms with Crippen LogP contribution in [0.25, 0.3) is 21.3 Å². The van der Waals surface area contributed by atoms with Gasteiger partial charge in [0.1, 0.15) is 15.5 Å².